The van der Waals surface area contributed by atoms with Gasteiger partial charge in [-0.15, -0.1) is 0 Å². The molecule has 5 rings (SSSR count). The molecule has 10 nitrogen and oxygen atoms in total. The van der Waals surface area contributed by atoms with Gasteiger partial charge in [-0.2, -0.15) is 10.2 Å². The number of ether oxygens (including phenoxy) is 1. The first-order valence-electron chi connectivity index (χ1n) is 11.7. The molecule has 2 N–H and O–H groups in total. The minimum atomic E-state index is -0.0887. The maximum Gasteiger partial charge on any atom is 0.246 e. The maximum absolute atomic E-state index is 12.2. The second kappa shape index (κ2) is 9.62. The number of hydrogen-bond donors (Lipinski definition) is 1. The number of rotatable bonds is 6. The molecule has 0 spiro atoms. The third-order valence-electron chi connectivity index (χ3n) is 6.43. The lowest BCUT2D eigenvalue weighted by molar-refractivity contribution is -0.127. The van der Waals surface area contributed by atoms with E-state index < -0.39 is 0 Å². The molecule has 1 aromatic carbocycles. The molecule has 0 saturated carbocycles. The van der Waals surface area contributed by atoms with Gasteiger partial charge in [0, 0.05) is 25.7 Å². The minimum absolute atomic E-state index is 0.0476. The lowest BCUT2D eigenvalue weighted by Gasteiger charge is -2.32. The van der Waals surface area contributed by atoms with Crippen molar-refractivity contribution in [3.05, 3.63) is 59.7 Å². The zero-order chi connectivity index (χ0) is 25.4. The summed E-state index contributed by atoms with van der Waals surface area (Å²) in [5, 5.41) is 10.3. The average Bonchev–Trinajstić information content (AvgIpc) is 3.42. The van der Waals surface area contributed by atoms with E-state index in [1.54, 1.807) is 15.6 Å². The first-order chi connectivity index (χ1) is 17.4. The van der Waals surface area contributed by atoms with E-state index in [1.165, 1.54) is 12.4 Å². The van der Waals surface area contributed by atoms with Crippen molar-refractivity contribution in [2.24, 2.45) is 7.05 Å². The van der Waals surface area contributed by atoms with Crippen LogP contribution in [0, 0.1) is 6.92 Å². The van der Waals surface area contributed by atoms with Gasteiger partial charge in [0.15, 0.2) is 5.65 Å². The summed E-state index contributed by atoms with van der Waals surface area (Å²) >= 11 is 6.61. The number of hydrogen-bond acceptors (Lipinski definition) is 7. The van der Waals surface area contributed by atoms with Crippen LogP contribution < -0.4 is 10.5 Å². The fourth-order valence-electron chi connectivity index (χ4n) is 4.65. The van der Waals surface area contributed by atoms with Crippen LogP contribution >= 0.6 is 11.6 Å². The molecule has 1 saturated heterocycles. The van der Waals surface area contributed by atoms with Crippen LogP contribution in [0.2, 0.25) is 5.02 Å². The van der Waals surface area contributed by atoms with E-state index in [2.05, 4.69) is 21.6 Å². The highest BCUT2D eigenvalue weighted by molar-refractivity contribution is 6.32. The molecule has 4 heterocycles. The van der Waals surface area contributed by atoms with E-state index in [0.29, 0.717) is 53.0 Å². The maximum atomic E-state index is 12.2. The van der Waals surface area contributed by atoms with Crippen molar-refractivity contribution >= 4 is 34.4 Å². The van der Waals surface area contributed by atoms with Gasteiger partial charge < -0.3 is 15.4 Å². The van der Waals surface area contributed by atoms with E-state index in [-0.39, 0.29) is 11.9 Å². The van der Waals surface area contributed by atoms with E-state index in [1.807, 2.05) is 36.9 Å². The summed E-state index contributed by atoms with van der Waals surface area (Å²) in [6.07, 6.45) is 4.49. The molecule has 36 heavy (non-hydrogen) atoms. The first-order valence-corrected chi connectivity index (χ1v) is 12.1. The molecule has 3 aromatic heterocycles. The molecular formula is C25H27ClN8O2. The van der Waals surface area contributed by atoms with E-state index in [9.17, 15) is 4.79 Å². The number of nitrogens with zero attached hydrogens (tertiary/aromatic N) is 7. The Hall–Kier alpha value is -3.92. The van der Waals surface area contributed by atoms with Gasteiger partial charge >= 0.3 is 0 Å². The summed E-state index contributed by atoms with van der Waals surface area (Å²) in [7, 11) is 1.88. The van der Waals surface area contributed by atoms with E-state index in [0.717, 1.165) is 29.8 Å². The summed E-state index contributed by atoms with van der Waals surface area (Å²) in [5.41, 5.74) is 10.2. The molecule has 1 fully saturated rings. The highest BCUT2D eigenvalue weighted by Crippen LogP contribution is 2.37. The number of likely N-dealkylation sites (tertiary alicyclic amines) is 1. The summed E-state index contributed by atoms with van der Waals surface area (Å²) in [6, 6.07) is 7.44. The van der Waals surface area contributed by atoms with Crippen LogP contribution in [0.1, 0.15) is 30.3 Å². The second-order valence-corrected chi connectivity index (χ2v) is 9.28. The highest BCUT2D eigenvalue weighted by Gasteiger charge is 2.28. The van der Waals surface area contributed by atoms with Crippen molar-refractivity contribution < 1.29 is 9.53 Å². The van der Waals surface area contributed by atoms with Crippen LogP contribution in [0.5, 0.6) is 5.75 Å². The van der Waals surface area contributed by atoms with Crippen LogP contribution in [-0.4, -0.2) is 53.4 Å². The van der Waals surface area contributed by atoms with Crippen LogP contribution in [0.4, 0.5) is 5.82 Å². The molecule has 0 radical (unpaired) electrons. The summed E-state index contributed by atoms with van der Waals surface area (Å²) in [5.74, 6) is 0.798. The summed E-state index contributed by atoms with van der Waals surface area (Å²) in [6.45, 7) is 7.11. The van der Waals surface area contributed by atoms with Crippen molar-refractivity contribution in [3.63, 3.8) is 0 Å². The van der Waals surface area contributed by atoms with E-state index in [4.69, 9.17) is 27.2 Å². The SMILES string of the molecule is C=CC(=O)N1CCCC(n2nc(-c3ccc(OCc4cc(C)nn4C)c(Cl)c3)c3c(N)ncnc32)C1. The fraction of sp³-hybridized carbons (Fsp3) is 0.320. The lowest BCUT2D eigenvalue weighted by Crippen LogP contribution is -2.40. The number of aromatic nitrogens is 6. The van der Waals surface area contributed by atoms with E-state index >= 15 is 0 Å². The molecular weight excluding hydrogens is 480 g/mol. The molecule has 0 bridgehead atoms. The number of benzene rings is 1. The molecule has 1 atom stereocenters. The number of halogens is 1. The van der Waals surface area contributed by atoms with Crippen molar-refractivity contribution in [1.29, 1.82) is 0 Å². The summed E-state index contributed by atoms with van der Waals surface area (Å²) < 4.78 is 9.59. The minimum Gasteiger partial charge on any atom is -0.486 e. The quantitative estimate of drug-likeness (QED) is 0.396. The predicted molar refractivity (Wildman–Crippen MR) is 138 cm³/mol. The first kappa shape index (κ1) is 23.8. The molecule has 1 aliphatic rings. The van der Waals surface area contributed by atoms with Crippen molar-refractivity contribution in [3.8, 4) is 17.0 Å². The Labute approximate surface area is 213 Å². The number of carbonyl (C=O) groups excluding carboxylic acids is 1. The Morgan fingerprint density at radius 1 is 1.31 bits per heavy atom. The Kier molecular flexibility index (Phi) is 6.36. The zero-order valence-electron chi connectivity index (χ0n) is 20.2. The normalized spacial score (nSPS) is 15.9. The van der Waals surface area contributed by atoms with Crippen LogP contribution in [-0.2, 0) is 18.4 Å². The monoisotopic (exact) mass is 506 g/mol. The topological polar surface area (TPSA) is 117 Å². The Bertz CT molecular complexity index is 1460. The van der Waals surface area contributed by atoms with Crippen LogP contribution in [0.3, 0.4) is 0 Å². The fourth-order valence-corrected chi connectivity index (χ4v) is 4.89. The van der Waals surface area contributed by atoms with Gasteiger partial charge in [0.05, 0.1) is 27.8 Å². The van der Waals surface area contributed by atoms with Crippen LogP contribution in [0.15, 0.2) is 43.2 Å². The van der Waals surface area contributed by atoms with Crippen molar-refractivity contribution in [1.82, 2.24) is 34.4 Å². The van der Waals surface area contributed by atoms with Crippen molar-refractivity contribution in [2.75, 3.05) is 18.8 Å². The number of amides is 1. The number of aryl methyl sites for hydroxylation is 2. The standard InChI is InChI=1S/C25H27ClN8O2/c1-4-21(35)33-9-5-6-17(12-33)34-25-22(24(27)28-14-29-25)23(31-34)16-7-8-20(19(26)11-16)36-13-18-10-15(2)30-32(18)3/h4,7-8,10-11,14,17H,1,5-6,9,12-13H2,2-3H3,(H2,27,28,29). The lowest BCUT2D eigenvalue weighted by atomic mass is 10.1. The van der Waals surface area contributed by atoms with Crippen molar-refractivity contribution in [2.45, 2.75) is 32.4 Å². The largest absolute Gasteiger partial charge is 0.486 e. The average molecular weight is 507 g/mol. The molecule has 1 amide bonds. The molecule has 186 valence electrons. The van der Waals surface area contributed by atoms with Gasteiger partial charge in [0.1, 0.15) is 30.2 Å². The van der Waals surface area contributed by atoms with Gasteiger partial charge in [0.25, 0.3) is 0 Å². The molecule has 4 aromatic rings. The second-order valence-electron chi connectivity index (χ2n) is 8.87. The molecule has 1 unspecified atom stereocenters. The van der Waals surface area contributed by atoms with Gasteiger partial charge in [-0.25, -0.2) is 14.6 Å². The van der Waals surface area contributed by atoms with Gasteiger partial charge in [-0.1, -0.05) is 18.2 Å². The number of fused-ring (bicyclic) bond motifs is 1. The van der Waals surface area contributed by atoms with Gasteiger partial charge in [0.2, 0.25) is 5.91 Å². The Balaban J connectivity index is 1.47. The number of nitrogens with two attached hydrogens (primary N) is 1. The van der Waals surface area contributed by atoms with Crippen LogP contribution in [0.25, 0.3) is 22.3 Å². The highest BCUT2D eigenvalue weighted by atomic mass is 35.5. The number of nitrogen functional groups attached to an aromatic ring is 1. The Morgan fingerprint density at radius 2 is 2.14 bits per heavy atom. The molecule has 11 heteroatoms. The molecule has 0 aliphatic carbocycles. The third kappa shape index (κ3) is 4.39. The zero-order valence-corrected chi connectivity index (χ0v) is 20.9. The number of piperidine rings is 1. The smallest absolute Gasteiger partial charge is 0.246 e. The predicted octanol–water partition coefficient (Wildman–Crippen LogP) is 3.70. The number of anilines is 1. The summed E-state index contributed by atoms with van der Waals surface area (Å²) in [4.78, 5) is 22.7. The van der Waals surface area contributed by atoms with Gasteiger partial charge in [-0.3, -0.25) is 9.48 Å². The number of carbonyl (C=O) groups is 1. The molecule has 1 aliphatic heterocycles. The third-order valence-corrected chi connectivity index (χ3v) is 6.72. The Morgan fingerprint density at radius 3 is 2.86 bits per heavy atom. The van der Waals surface area contributed by atoms with Gasteiger partial charge in [-0.05, 0) is 50.1 Å².